The number of carbonyl (C=O) groups is 7. The minimum Gasteiger partial charge on any atom is -0.496 e. The largest absolute Gasteiger partial charge is 0.496 e. The van der Waals surface area contributed by atoms with Crippen molar-refractivity contribution in [1.29, 1.82) is 0 Å². The Labute approximate surface area is 505 Å². The third-order valence-corrected chi connectivity index (χ3v) is 18.1. The predicted molar refractivity (Wildman–Crippen MR) is 323 cm³/mol. The second kappa shape index (κ2) is 30.8. The summed E-state index contributed by atoms with van der Waals surface area (Å²) in [7, 11) is 10.8. The normalized spacial score (nSPS) is 21.5. The van der Waals surface area contributed by atoms with Gasteiger partial charge in [0.2, 0.25) is 5.91 Å². The number of carboxylic acid groups (broad SMARTS) is 4. The molecule has 4 saturated carbocycles. The number of nitrogens with zero attached hydrogens (tertiary/aromatic N) is 10. The molecule has 1 aromatic heterocycles. The number of nitrogens with one attached hydrogen (secondary N) is 1. The fourth-order valence-electron chi connectivity index (χ4n) is 13.6. The first-order chi connectivity index (χ1) is 41.0. The van der Waals surface area contributed by atoms with E-state index in [1.54, 1.807) is 81.8 Å². The van der Waals surface area contributed by atoms with E-state index in [1.807, 2.05) is 36.9 Å². The average molecular weight is 1200 g/mol. The van der Waals surface area contributed by atoms with E-state index < -0.39 is 35.3 Å². The fourth-order valence-corrected chi connectivity index (χ4v) is 13.6. The highest BCUT2D eigenvalue weighted by atomic mass is 16.5. The lowest BCUT2D eigenvalue weighted by molar-refractivity contribution is -0.163. The third kappa shape index (κ3) is 17.3. The van der Waals surface area contributed by atoms with Crippen molar-refractivity contribution in [3.05, 3.63) is 59.3 Å². The SMILES string of the molecule is COc1cccc(OC)c1-c1cc(C(=O)NC2(C(=O)O)C3CC4CC(C3)CC2C4)nn1-c1ccc(C(=O)N(C)CCCN(C)CCCN(C)CCCN(C)C(=O)CN2CCN(CC(=O)O)CCN(CC(=O)O)CCN(CC(=O)O)CC2)cc1C(C)C. The number of hydrogen-bond acceptors (Lipinski definition) is 16. The molecule has 5 fully saturated rings. The quantitative estimate of drug-likeness (QED) is 0.0662. The van der Waals surface area contributed by atoms with Crippen molar-refractivity contribution in [3.63, 3.8) is 0 Å². The average Bonchev–Trinajstić information content (AvgIpc) is 0.962. The summed E-state index contributed by atoms with van der Waals surface area (Å²) in [5.74, 6) is -3.20. The summed E-state index contributed by atoms with van der Waals surface area (Å²) >= 11 is 0. The molecular weight excluding hydrogens is 1110 g/mol. The van der Waals surface area contributed by atoms with Gasteiger partial charge in [0.05, 0.1) is 57.3 Å². The molecule has 24 nitrogen and oxygen atoms in total. The lowest BCUT2D eigenvalue weighted by atomic mass is 9.48. The van der Waals surface area contributed by atoms with Crippen LogP contribution in [0.4, 0.5) is 0 Å². The molecule has 24 heteroatoms. The van der Waals surface area contributed by atoms with Crippen LogP contribution in [-0.4, -0.2) is 277 Å². The molecule has 2 heterocycles. The van der Waals surface area contributed by atoms with Crippen molar-refractivity contribution in [3.8, 4) is 28.4 Å². The number of aromatic nitrogens is 2. The maximum Gasteiger partial charge on any atom is 0.330 e. The minimum absolute atomic E-state index is 0.0574. The zero-order valence-corrected chi connectivity index (χ0v) is 51.7. The van der Waals surface area contributed by atoms with Gasteiger partial charge in [-0.2, -0.15) is 5.10 Å². The Kier molecular flexibility index (Phi) is 23.9. The van der Waals surface area contributed by atoms with Crippen LogP contribution in [0.3, 0.4) is 0 Å². The molecule has 3 aromatic rings. The summed E-state index contributed by atoms with van der Waals surface area (Å²) in [4.78, 5) is 105. The van der Waals surface area contributed by atoms with Crippen molar-refractivity contribution in [1.82, 2.24) is 54.3 Å². The number of carboxylic acids is 4. The molecule has 5 N–H and O–H groups in total. The molecule has 2 aromatic carbocycles. The summed E-state index contributed by atoms with van der Waals surface area (Å²) in [6.45, 7) is 10.4. The number of likely N-dealkylation sites (N-methyl/N-ethyl adjacent to an activating group) is 1. The van der Waals surface area contributed by atoms with Crippen LogP contribution in [-0.2, 0) is 24.0 Å². The summed E-state index contributed by atoms with van der Waals surface area (Å²) in [6.07, 6.45) is 6.72. The molecule has 86 heavy (non-hydrogen) atoms. The van der Waals surface area contributed by atoms with Crippen LogP contribution in [0.25, 0.3) is 16.9 Å². The molecule has 0 radical (unpaired) electrons. The number of rotatable bonds is 29. The minimum atomic E-state index is -1.37. The van der Waals surface area contributed by atoms with E-state index in [0.29, 0.717) is 111 Å². The van der Waals surface area contributed by atoms with Crippen molar-refractivity contribution >= 4 is 41.6 Å². The Morgan fingerprint density at radius 1 is 0.605 bits per heavy atom. The van der Waals surface area contributed by atoms with Crippen LogP contribution in [0.5, 0.6) is 11.5 Å². The van der Waals surface area contributed by atoms with Gasteiger partial charge in [-0.3, -0.25) is 48.4 Å². The Bertz CT molecular complexity index is 2760. The summed E-state index contributed by atoms with van der Waals surface area (Å²) < 4.78 is 13.4. The molecule has 1 saturated heterocycles. The first-order valence-electron chi connectivity index (χ1n) is 30.4. The van der Waals surface area contributed by atoms with E-state index in [4.69, 9.17) is 14.6 Å². The Morgan fingerprint density at radius 3 is 1.48 bits per heavy atom. The molecule has 8 rings (SSSR count). The Morgan fingerprint density at radius 2 is 1.05 bits per heavy atom. The van der Waals surface area contributed by atoms with Crippen molar-refractivity contribution < 1.29 is 63.5 Å². The van der Waals surface area contributed by atoms with Crippen LogP contribution in [0, 0.1) is 23.7 Å². The van der Waals surface area contributed by atoms with E-state index in [1.165, 1.54) is 0 Å². The summed E-state index contributed by atoms with van der Waals surface area (Å²) in [5.41, 5.74) is 1.72. The van der Waals surface area contributed by atoms with E-state index in [-0.39, 0.29) is 61.4 Å². The van der Waals surface area contributed by atoms with Crippen molar-refractivity contribution in [2.24, 2.45) is 23.7 Å². The molecule has 0 atom stereocenters. The van der Waals surface area contributed by atoms with Gasteiger partial charge in [0.1, 0.15) is 17.0 Å². The molecule has 474 valence electrons. The van der Waals surface area contributed by atoms with Crippen LogP contribution in [0.2, 0.25) is 0 Å². The van der Waals surface area contributed by atoms with Gasteiger partial charge in [0.15, 0.2) is 5.69 Å². The summed E-state index contributed by atoms with van der Waals surface area (Å²) in [5, 5.41) is 47.5. The van der Waals surface area contributed by atoms with E-state index in [2.05, 4.69) is 29.2 Å². The highest BCUT2D eigenvalue weighted by Crippen LogP contribution is 2.58. The topological polar surface area (TPSA) is 275 Å². The Hall–Kier alpha value is -6.70. The standard InChI is InChI=1S/C62H93N11O13/c1-42(2)48-36-45(15-16-50(48)73-51(58-52(85-7)13-9-14-53(58)86-8)37-49(64-73)59(81)63-62(61(83)84)46-32-43-31-44(34-46)35-47(62)33-43)60(82)68(6)22-12-20-66(4)18-10-17-65(3)19-11-21-67(5)54(74)38-69-23-25-70(39-55(75)76)27-29-72(41-57(79)80)30-28-71(26-24-69)40-56(77)78/h9,13-16,36-37,42-44,46-47H,10-12,17-35,38-41H2,1-8H3,(H,63,81)(H,75,76)(H,77,78)(H,79,80)(H,83,84). The number of benzene rings is 2. The van der Waals surface area contributed by atoms with Gasteiger partial charge in [0.25, 0.3) is 11.8 Å². The van der Waals surface area contributed by atoms with Crippen LogP contribution in [0.15, 0.2) is 42.5 Å². The number of hydrogen-bond donors (Lipinski definition) is 5. The molecule has 3 amide bonds. The molecular formula is C62H93N11O13. The van der Waals surface area contributed by atoms with E-state index >= 15 is 0 Å². The number of carbonyl (C=O) groups excluding carboxylic acids is 3. The Balaban J connectivity index is 0.896. The number of aliphatic carboxylic acids is 4. The highest BCUT2D eigenvalue weighted by molar-refractivity contribution is 5.98. The number of ether oxygens (including phenoxy) is 2. The predicted octanol–water partition coefficient (Wildman–Crippen LogP) is 3.73. The number of methoxy groups -OCH3 is 2. The molecule has 0 spiro atoms. The maximum atomic E-state index is 14.5. The van der Waals surface area contributed by atoms with Gasteiger partial charge >= 0.3 is 23.9 Å². The van der Waals surface area contributed by atoms with Gasteiger partial charge in [0, 0.05) is 85.1 Å². The van der Waals surface area contributed by atoms with Gasteiger partial charge in [-0.05, 0) is 163 Å². The van der Waals surface area contributed by atoms with Crippen LogP contribution in [0.1, 0.15) is 97.5 Å². The second-order valence-electron chi connectivity index (χ2n) is 24.7. The summed E-state index contributed by atoms with van der Waals surface area (Å²) in [6, 6.07) is 12.6. The lowest BCUT2D eigenvalue weighted by Crippen LogP contribution is -2.70. The van der Waals surface area contributed by atoms with Gasteiger partial charge in [-0.25, -0.2) is 9.48 Å². The van der Waals surface area contributed by atoms with Gasteiger partial charge in [-0.1, -0.05) is 19.9 Å². The van der Waals surface area contributed by atoms with Crippen molar-refractivity contribution in [2.75, 3.05) is 160 Å². The molecule has 4 aliphatic carbocycles. The zero-order chi connectivity index (χ0) is 62.4. The van der Waals surface area contributed by atoms with Gasteiger partial charge in [-0.15, -0.1) is 0 Å². The first kappa shape index (κ1) is 66.8. The second-order valence-corrected chi connectivity index (χ2v) is 24.7. The van der Waals surface area contributed by atoms with E-state index in [0.717, 1.165) is 83.1 Å². The third-order valence-electron chi connectivity index (χ3n) is 18.1. The van der Waals surface area contributed by atoms with Crippen molar-refractivity contribution in [2.45, 2.75) is 76.7 Å². The van der Waals surface area contributed by atoms with E-state index in [9.17, 15) is 54.0 Å². The molecule has 5 aliphatic rings. The molecule has 0 unspecified atom stereocenters. The molecule has 1 aliphatic heterocycles. The maximum absolute atomic E-state index is 14.5. The highest BCUT2D eigenvalue weighted by Gasteiger charge is 2.62. The first-order valence-corrected chi connectivity index (χ1v) is 30.4. The fraction of sp³-hybridized carbons (Fsp3) is 0.645. The number of amides is 3. The van der Waals surface area contributed by atoms with Crippen LogP contribution >= 0.6 is 0 Å². The smallest absolute Gasteiger partial charge is 0.330 e. The van der Waals surface area contributed by atoms with Gasteiger partial charge < -0.3 is 54.8 Å². The monoisotopic (exact) mass is 1200 g/mol. The van der Waals surface area contributed by atoms with Crippen LogP contribution < -0.4 is 14.8 Å². The zero-order valence-electron chi connectivity index (χ0n) is 51.7. The molecule has 4 bridgehead atoms. The lowest BCUT2D eigenvalue weighted by Gasteiger charge is -2.59.